The van der Waals surface area contributed by atoms with E-state index >= 15 is 0 Å². The smallest absolute Gasteiger partial charge is 0.0345 e. The highest BCUT2D eigenvalue weighted by Crippen LogP contribution is 2.22. The Morgan fingerprint density at radius 1 is 1.15 bits per heavy atom. The van der Waals surface area contributed by atoms with E-state index in [2.05, 4.69) is 34.5 Å². The lowest BCUT2D eigenvalue weighted by atomic mass is 9.91. The van der Waals surface area contributed by atoms with Crippen LogP contribution in [0.2, 0.25) is 0 Å². The molecular formula is C17H27N3. The van der Waals surface area contributed by atoms with Crippen LogP contribution in [0.1, 0.15) is 44.1 Å². The summed E-state index contributed by atoms with van der Waals surface area (Å²) in [4.78, 5) is 2.55. The Kier molecular flexibility index (Phi) is 4.58. The van der Waals surface area contributed by atoms with Gasteiger partial charge in [-0.15, -0.1) is 0 Å². The Labute approximate surface area is 122 Å². The van der Waals surface area contributed by atoms with Gasteiger partial charge < -0.3 is 11.1 Å². The summed E-state index contributed by atoms with van der Waals surface area (Å²) < 4.78 is 0. The zero-order valence-corrected chi connectivity index (χ0v) is 12.4. The van der Waals surface area contributed by atoms with Crippen molar-refractivity contribution in [2.75, 3.05) is 18.4 Å². The third-order valence-corrected chi connectivity index (χ3v) is 4.62. The molecule has 20 heavy (non-hydrogen) atoms. The maximum atomic E-state index is 6.07. The van der Waals surface area contributed by atoms with Crippen LogP contribution in [0, 0.1) is 0 Å². The molecule has 2 atom stereocenters. The second-order valence-electron chi connectivity index (χ2n) is 6.45. The van der Waals surface area contributed by atoms with E-state index in [-0.39, 0.29) is 0 Å². The van der Waals surface area contributed by atoms with Gasteiger partial charge in [-0.1, -0.05) is 12.1 Å². The van der Waals surface area contributed by atoms with Gasteiger partial charge in [-0.05, 0) is 69.3 Å². The summed E-state index contributed by atoms with van der Waals surface area (Å²) in [6.07, 6.45) is 7.52. The Balaban J connectivity index is 1.58. The van der Waals surface area contributed by atoms with Gasteiger partial charge in [0, 0.05) is 24.3 Å². The molecule has 0 aromatic heterocycles. The Bertz CT molecular complexity index is 426. The lowest BCUT2D eigenvalue weighted by molar-refractivity contribution is 0.331. The first kappa shape index (κ1) is 13.9. The Hall–Kier alpha value is -1.06. The molecule has 1 heterocycles. The molecule has 0 bridgehead atoms. The molecule has 1 aliphatic carbocycles. The van der Waals surface area contributed by atoms with Crippen LogP contribution in [0.3, 0.4) is 0 Å². The zero-order chi connectivity index (χ0) is 13.8. The van der Waals surface area contributed by atoms with Gasteiger partial charge in [-0.3, -0.25) is 4.90 Å². The van der Waals surface area contributed by atoms with Crippen molar-refractivity contribution in [1.82, 2.24) is 4.90 Å². The number of hydrogen-bond acceptors (Lipinski definition) is 3. The first-order valence-electron chi connectivity index (χ1n) is 8.13. The second kappa shape index (κ2) is 6.59. The van der Waals surface area contributed by atoms with Crippen molar-refractivity contribution in [3.8, 4) is 0 Å². The van der Waals surface area contributed by atoms with Crippen molar-refractivity contribution in [2.24, 2.45) is 5.73 Å². The number of anilines is 1. The molecule has 0 radical (unpaired) electrons. The molecule has 2 fully saturated rings. The number of nitrogens with zero attached hydrogens (tertiary/aromatic N) is 1. The van der Waals surface area contributed by atoms with Gasteiger partial charge in [-0.25, -0.2) is 0 Å². The Morgan fingerprint density at radius 2 is 2.00 bits per heavy atom. The number of likely N-dealkylation sites (tertiary alicyclic amines) is 1. The molecule has 2 unspecified atom stereocenters. The summed E-state index contributed by atoms with van der Waals surface area (Å²) in [6, 6.07) is 9.87. The van der Waals surface area contributed by atoms with Gasteiger partial charge in [-0.2, -0.15) is 0 Å². The van der Waals surface area contributed by atoms with E-state index in [1.54, 1.807) is 0 Å². The fraction of sp³-hybridized carbons (Fsp3) is 0.647. The largest absolute Gasteiger partial charge is 0.382 e. The summed E-state index contributed by atoms with van der Waals surface area (Å²) in [5, 5.41) is 3.68. The van der Waals surface area contributed by atoms with Crippen molar-refractivity contribution < 1.29 is 0 Å². The molecule has 1 saturated heterocycles. The molecule has 1 aromatic rings. The molecule has 1 aromatic carbocycles. The lowest BCUT2D eigenvalue weighted by Gasteiger charge is -2.28. The van der Waals surface area contributed by atoms with Crippen LogP contribution in [-0.2, 0) is 6.54 Å². The van der Waals surface area contributed by atoms with Crippen LogP contribution >= 0.6 is 0 Å². The van der Waals surface area contributed by atoms with Gasteiger partial charge >= 0.3 is 0 Å². The van der Waals surface area contributed by atoms with Gasteiger partial charge in [0.2, 0.25) is 0 Å². The third-order valence-electron chi connectivity index (χ3n) is 4.62. The van der Waals surface area contributed by atoms with Gasteiger partial charge in [0.1, 0.15) is 0 Å². The number of benzene rings is 1. The van der Waals surface area contributed by atoms with Crippen LogP contribution < -0.4 is 11.1 Å². The topological polar surface area (TPSA) is 41.3 Å². The van der Waals surface area contributed by atoms with Crippen LogP contribution in [-0.4, -0.2) is 30.1 Å². The van der Waals surface area contributed by atoms with Crippen molar-refractivity contribution in [3.63, 3.8) is 0 Å². The summed E-state index contributed by atoms with van der Waals surface area (Å²) in [7, 11) is 0. The van der Waals surface area contributed by atoms with E-state index in [0.717, 1.165) is 13.0 Å². The van der Waals surface area contributed by atoms with E-state index in [1.165, 1.54) is 56.4 Å². The van der Waals surface area contributed by atoms with E-state index < -0.39 is 0 Å². The first-order chi connectivity index (χ1) is 9.79. The molecule has 3 nitrogen and oxygen atoms in total. The molecule has 1 saturated carbocycles. The monoisotopic (exact) mass is 273 g/mol. The van der Waals surface area contributed by atoms with E-state index in [0.29, 0.717) is 12.1 Å². The summed E-state index contributed by atoms with van der Waals surface area (Å²) in [6.45, 7) is 3.62. The van der Waals surface area contributed by atoms with Gasteiger partial charge in [0.25, 0.3) is 0 Å². The average Bonchev–Trinajstić information content (AvgIpc) is 2.92. The molecule has 110 valence electrons. The van der Waals surface area contributed by atoms with Crippen molar-refractivity contribution in [1.29, 1.82) is 0 Å². The van der Waals surface area contributed by atoms with E-state index in [9.17, 15) is 0 Å². The predicted molar refractivity (Wildman–Crippen MR) is 84.8 cm³/mol. The molecule has 0 spiro atoms. The molecule has 3 N–H and O–H groups in total. The number of nitrogens with two attached hydrogens (primary N) is 1. The molecular weight excluding hydrogens is 246 g/mol. The highest BCUT2D eigenvalue weighted by atomic mass is 15.1. The molecule has 3 rings (SSSR count). The SMILES string of the molecule is NC1CCCC(Nc2cccc(CN3CCCC3)c2)C1. The number of rotatable bonds is 4. The second-order valence-corrected chi connectivity index (χ2v) is 6.45. The minimum Gasteiger partial charge on any atom is -0.382 e. The summed E-state index contributed by atoms with van der Waals surface area (Å²) in [5.74, 6) is 0. The molecule has 2 aliphatic rings. The standard InChI is InChI=1S/C17H27N3/c18-15-6-4-8-17(12-15)19-16-7-3-5-14(11-16)13-20-9-1-2-10-20/h3,5,7,11,15,17,19H,1-2,4,6,8-10,12-13,18H2. The molecule has 1 aliphatic heterocycles. The molecule has 3 heteroatoms. The fourth-order valence-electron chi connectivity index (χ4n) is 3.55. The summed E-state index contributed by atoms with van der Waals surface area (Å²) >= 11 is 0. The van der Waals surface area contributed by atoms with Crippen LogP contribution in [0.4, 0.5) is 5.69 Å². The van der Waals surface area contributed by atoms with Crippen LogP contribution in [0.25, 0.3) is 0 Å². The normalized spacial score (nSPS) is 27.6. The summed E-state index contributed by atoms with van der Waals surface area (Å²) in [5.41, 5.74) is 8.76. The maximum absolute atomic E-state index is 6.07. The highest BCUT2D eigenvalue weighted by molar-refractivity contribution is 5.46. The number of nitrogens with one attached hydrogen (secondary N) is 1. The first-order valence-corrected chi connectivity index (χ1v) is 8.13. The minimum atomic E-state index is 0.383. The van der Waals surface area contributed by atoms with E-state index in [1.807, 2.05) is 0 Å². The quantitative estimate of drug-likeness (QED) is 0.886. The maximum Gasteiger partial charge on any atom is 0.0345 e. The van der Waals surface area contributed by atoms with Crippen LogP contribution in [0.15, 0.2) is 24.3 Å². The van der Waals surface area contributed by atoms with Crippen molar-refractivity contribution in [2.45, 2.75) is 57.2 Å². The van der Waals surface area contributed by atoms with Crippen molar-refractivity contribution in [3.05, 3.63) is 29.8 Å². The average molecular weight is 273 g/mol. The number of hydrogen-bond donors (Lipinski definition) is 2. The van der Waals surface area contributed by atoms with Crippen LogP contribution in [0.5, 0.6) is 0 Å². The minimum absolute atomic E-state index is 0.383. The Morgan fingerprint density at radius 3 is 2.80 bits per heavy atom. The van der Waals surface area contributed by atoms with Gasteiger partial charge in [0.15, 0.2) is 0 Å². The highest BCUT2D eigenvalue weighted by Gasteiger charge is 2.19. The molecule has 0 amide bonds. The lowest BCUT2D eigenvalue weighted by Crippen LogP contribution is -2.34. The van der Waals surface area contributed by atoms with Gasteiger partial charge in [0.05, 0.1) is 0 Å². The third kappa shape index (κ3) is 3.74. The zero-order valence-electron chi connectivity index (χ0n) is 12.4. The van der Waals surface area contributed by atoms with E-state index in [4.69, 9.17) is 5.73 Å². The predicted octanol–water partition coefficient (Wildman–Crippen LogP) is 2.96. The fourth-order valence-corrected chi connectivity index (χ4v) is 3.55. The van der Waals surface area contributed by atoms with Crippen molar-refractivity contribution >= 4 is 5.69 Å².